The molecular formula is C22H27NO4. The van der Waals surface area contributed by atoms with E-state index in [0.29, 0.717) is 12.4 Å². The fourth-order valence-corrected chi connectivity index (χ4v) is 2.73. The number of carbonyl (C=O) groups is 2. The second-order valence-corrected chi connectivity index (χ2v) is 6.37. The molecule has 1 amide bonds. The largest absolute Gasteiger partial charge is 0.449 e. The van der Waals surface area contributed by atoms with Crippen molar-refractivity contribution >= 4 is 17.7 Å². The van der Waals surface area contributed by atoms with E-state index in [1.165, 1.54) is 6.92 Å². The van der Waals surface area contributed by atoms with Gasteiger partial charge >= 0.3 is 12.1 Å². The smallest absolute Gasteiger partial charge is 0.411 e. The predicted octanol–water partition coefficient (Wildman–Crippen LogP) is 5.14. The molecule has 0 atom stereocenters. The molecule has 1 N–H and O–H groups in total. The third-order valence-corrected chi connectivity index (χ3v) is 4.06. The molecule has 0 fully saturated rings. The number of hydrogen-bond donors (Lipinski definition) is 1. The molecule has 0 aromatic heterocycles. The monoisotopic (exact) mass is 369 g/mol. The molecule has 0 aliphatic carbocycles. The topological polar surface area (TPSA) is 64.6 Å². The fourth-order valence-electron chi connectivity index (χ4n) is 2.73. The van der Waals surface area contributed by atoms with E-state index in [9.17, 15) is 9.59 Å². The molecule has 0 saturated carbocycles. The third kappa shape index (κ3) is 7.52. The highest BCUT2D eigenvalue weighted by atomic mass is 16.5. The summed E-state index contributed by atoms with van der Waals surface area (Å²) in [6, 6.07) is 15.3. The maximum atomic E-state index is 11.9. The molecule has 5 heteroatoms. The summed E-state index contributed by atoms with van der Waals surface area (Å²) in [6.45, 7) is 3.88. The van der Waals surface area contributed by atoms with Gasteiger partial charge in [0.1, 0.15) is 5.75 Å². The predicted molar refractivity (Wildman–Crippen MR) is 106 cm³/mol. The number of aryl methyl sites for hydroxylation is 2. The third-order valence-electron chi connectivity index (χ3n) is 4.06. The lowest BCUT2D eigenvalue weighted by Crippen LogP contribution is -2.15. The van der Waals surface area contributed by atoms with Crippen molar-refractivity contribution < 1.29 is 19.1 Å². The van der Waals surface area contributed by atoms with Crippen molar-refractivity contribution in [2.24, 2.45) is 0 Å². The minimum atomic E-state index is -0.412. The van der Waals surface area contributed by atoms with Gasteiger partial charge in [0.15, 0.2) is 0 Å². The van der Waals surface area contributed by atoms with Gasteiger partial charge in [-0.3, -0.25) is 10.1 Å². The Morgan fingerprint density at radius 2 is 1.81 bits per heavy atom. The molecule has 144 valence electrons. The highest BCUT2D eigenvalue weighted by molar-refractivity contribution is 5.85. The summed E-state index contributed by atoms with van der Waals surface area (Å²) in [6.07, 6.45) is 4.02. The Bertz CT molecular complexity index is 757. The number of unbranched alkanes of at least 4 members (excludes halogenated alkanes) is 1. The van der Waals surface area contributed by atoms with Crippen LogP contribution >= 0.6 is 0 Å². The second-order valence-electron chi connectivity index (χ2n) is 6.37. The van der Waals surface area contributed by atoms with Gasteiger partial charge in [-0.1, -0.05) is 43.7 Å². The summed E-state index contributed by atoms with van der Waals surface area (Å²) in [5.41, 5.74) is 2.96. The van der Waals surface area contributed by atoms with Crippen molar-refractivity contribution in [2.75, 3.05) is 11.9 Å². The summed E-state index contributed by atoms with van der Waals surface area (Å²) >= 11 is 0. The van der Waals surface area contributed by atoms with Crippen LogP contribution in [0.2, 0.25) is 0 Å². The van der Waals surface area contributed by atoms with Crippen molar-refractivity contribution in [3.63, 3.8) is 0 Å². The van der Waals surface area contributed by atoms with Crippen molar-refractivity contribution in [3.05, 3.63) is 59.7 Å². The van der Waals surface area contributed by atoms with E-state index in [4.69, 9.17) is 9.47 Å². The molecular weight excluding hydrogens is 342 g/mol. The first kappa shape index (κ1) is 20.5. The highest BCUT2D eigenvalue weighted by Gasteiger charge is 2.08. The van der Waals surface area contributed by atoms with Gasteiger partial charge in [0, 0.05) is 12.6 Å². The Kier molecular flexibility index (Phi) is 8.36. The average Bonchev–Trinajstić information content (AvgIpc) is 2.63. The molecule has 27 heavy (non-hydrogen) atoms. The summed E-state index contributed by atoms with van der Waals surface area (Å²) in [4.78, 5) is 23.0. The Balaban J connectivity index is 1.89. The van der Waals surface area contributed by atoms with E-state index in [1.807, 2.05) is 42.5 Å². The number of esters is 1. The molecule has 5 nitrogen and oxygen atoms in total. The first-order valence-corrected chi connectivity index (χ1v) is 9.37. The Labute approximate surface area is 160 Å². The van der Waals surface area contributed by atoms with Crippen LogP contribution in [0.25, 0.3) is 0 Å². The molecule has 2 aromatic rings. The number of hydrogen-bond acceptors (Lipinski definition) is 4. The van der Waals surface area contributed by atoms with Crippen LogP contribution in [0.1, 0.15) is 44.2 Å². The number of anilines is 1. The van der Waals surface area contributed by atoms with Crippen molar-refractivity contribution in [2.45, 2.75) is 46.0 Å². The first-order valence-electron chi connectivity index (χ1n) is 9.37. The van der Waals surface area contributed by atoms with E-state index in [1.54, 1.807) is 6.07 Å². The Morgan fingerprint density at radius 1 is 1.00 bits per heavy atom. The SMILES string of the molecule is CCCCOC(=O)Nc1ccccc1CCCc1cccc(OC(C)=O)c1. The summed E-state index contributed by atoms with van der Waals surface area (Å²) < 4.78 is 10.3. The van der Waals surface area contributed by atoms with Crippen LogP contribution in [-0.2, 0) is 22.4 Å². The van der Waals surface area contributed by atoms with E-state index in [0.717, 1.165) is 48.9 Å². The van der Waals surface area contributed by atoms with Crippen molar-refractivity contribution in [3.8, 4) is 5.75 Å². The van der Waals surface area contributed by atoms with Gasteiger partial charge in [0.05, 0.1) is 6.61 Å². The van der Waals surface area contributed by atoms with Gasteiger partial charge in [0.25, 0.3) is 0 Å². The van der Waals surface area contributed by atoms with Crippen LogP contribution in [0.5, 0.6) is 5.75 Å². The van der Waals surface area contributed by atoms with Crippen LogP contribution in [0.3, 0.4) is 0 Å². The number of para-hydroxylation sites is 1. The van der Waals surface area contributed by atoms with Gasteiger partial charge < -0.3 is 9.47 Å². The molecule has 0 saturated heterocycles. The lowest BCUT2D eigenvalue weighted by molar-refractivity contribution is -0.131. The number of nitrogens with one attached hydrogen (secondary N) is 1. The van der Waals surface area contributed by atoms with Crippen LogP contribution < -0.4 is 10.1 Å². The Morgan fingerprint density at radius 3 is 2.59 bits per heavy atom. The second kappa shape index (κ2) is 11.0. The average molecular weight is 369 g/mol. The van der Waals surface area contributed by atoms with Crippen LogP contribution in [0, 0.1) is 0 Å². The maximum absolute atomic E-state index is 11.9. The molecule has 0 aliphatic heterocycles. The van der Waals surface area contributed by atoms with Gasteiger partial charge in [0.2, 0.25) is 0 Å². The summed E-state index contributed by atoms with van der Waals surface area (Å²) in [7, 11) is 0. The number of rotatable bonds is 9. The fraction of sp³-hybridized carbons (Fsp3) is 0.364. The molecule has 2 aromatic carbocycles. The maximum Gasteiger partial charge on any atom is 0.411 e. The van der Waals surface area contributed by atoms with Crippen LogP contribution in [-0.4, -0.2) is 18.7 Å². The molecule has 0 radical (unpaired) electrons. The molecule has 0 spiro atoms. The highest BCUT2D eigenvalue weighted by Crippen LogP contribution is 2.20. The number of benzene rings is 2. The zero-order valence-corrected chi connectivity index (χ0v) is 16.0. The van der Waals surface area contributed by atoms with Crippen LogP contribution in [0.4, 0.5) is 10.5 Å². The summed E-state index contributed by atoms with van der Waals surface area (Å²) in [5, 5.41) is 2.83. The van der Waals surface area contributed by atoms with E-state index in [-0.39, 0.29) is 5.97 Å². The quantitative estimate of drug-likeness (QED) is 0.378. The number of ether oxygens (including phenoxy) is 2. The van der Waals surface area contributed by atoms with Gasteiger partial charge in [-0.05, 0) is 55.0 Å². The Hall–Kier alpha value is -2.82. The van der Waals surface area contributed by atoms with E-state index >= 15 is 0 Å². The van der Waals surface area contributed by atoms with Gasteiger partial charge in [-0.2, -0.15) is 0 Å². The minimum absolute atomic E-state index is 0.321. The van der Waals surface area contributed by atoms with Gasteiger partial charge in [-0.15, -0.1) is 0 Å². The van der Waals surface area contributed by atoms with Crippen molar-refractivity contribution in [1.29, 1.82) is 0 Å². The molecule has 0 aliphatic rings. The zero-order valence-electron chi connectivity index (χ0n) is 16.0. The first-order chi connectivity index (χ1) is 13.1. The van der Waals surface area contributed by atoms with Crippen molar-refractivity contribution in [1.82, 2.24) is 0 Å². The zero-order chi connectivity index (χ0) is 19.5. The lowest BCUT2D eigenvalue weighted by atomic mass is 10.0. The van der Waals surface area contributed by atoms with E-state index in [2.05, 4.69) is 12.2 Å². The van der Waals surface area contributed by atoms with Gasteiger partial charge in [-0.25, -0.2) is 4.79 Å². The molecule has 0 bridgehead atoms. The normalized spacial score (nSPS) is 10.3. The van der Waals surface area contributed by atoms with E-state index < -0.39 is 6.09 Å². The van der Waals surface area contributed by atoms with Crippen LogP contribution in [0.15, 0.2) is 48.5 Å². The molecule has 2 rings (SSSR count). The standard InChI is InChI=1S/C22H27NO4/c1-3-4-15-26-22(25)23-21-14-6-5-11-19(21)12-7-9-18-10-8-13-20(16-18)27-17(2)24/h5-6,8,10-11,13-14,16H,3-4,7,9,12,15H2,1-2H3,(H,23,25). The molecule has 0 unspecified atom stereocenters. The number of carbonyl (C=O) groups excluding carboxylic acids is 2. The number of amides is 1. The molecule has 0 heterocycles. The lowest BCUT2D eigenvalue weighted by Gasteiger charge is -2.11. The summed E-state index contributed by atoms with van der Waals surface area (Å²) in [5.74, 6) is 0.245. The minimum Gasteiger partial charge on any atom is -0.449 e.